The maximum Gasteiger partial charge on any atom is 0.387 e. The molecule has 1 aromatic carbocycles. The quantitative estimate of drug-likeness (QED) is 0.525. The first-order chi connectivity index (χ1) is 13.0. The first kappa shape index (κ1) is 20.7. The van der Waals surface area contributed by atoms with E-state index in [9.17, 15) is 8.78 Å². The number of hydrogen-bond acceptors (Lipinski definition) is 4. The van der Waals surface area contributed by atoms with Gasteiger partial charge in [0.1, 0.15) is 5.75 Å². The van der Waals surface area contributed by atoms with Gasteiger partial charge in [0.05, 0.1) is 13.7 Å². The van der Waals surface area contributed by atoms with Crippen molar-refractivity contribution in [2.24, 2.45) is 4.99 Å². The Hall–Kier alpha value is -2.61. The van der Waals surface area contributed by atoms with Gasteiger partial charge >= 0.3 is 6.61 Å². The minimum atomic E-state index is -2.92. The number of guanidine groups is 1. The molecule has 0 amide bonds. The lowest BCUT2D eigenvalue weighted by molar-refractivity contribution is -0.0504. The second-order valence-electron chi connectivity index (χ2n) is 5.35. The van der Waals surface area contributed by atoms with E-state index < -0.39 is 6.61 Å². The SMILES string of the molecule is CCNC(=NCc1cc(Cl)ccc1OC(F)F)NCc1cccnc1OC. The highest BCUT2D eigenvalue weighted by atomic mass is 35.5. The Balaban J connectivity index is 2.12. The summed E-state index contributed by atoms with van der Waals surface area (Å²) in [5.74, 6) is 1.07. The number of nitrogens with zero attached hydrogens (tertiary/aromatic N) is 2. The maximum atomic E-state index is 12.6. The van der Waals surface area contributed by atoms with Gasteiger partial charge in [0, 0.05) is 35.4 Å². The van der Waals surface area contributed by atoms with Crippen LogP contribution < -0.4 is 20.1 Å². The zero-order valence-electron chi connectivity index (χ0n) is 15.0. The first-order valence-electron chi connectivity index (χ1n) is 8.26. The lowest BCUT2D eigenvalue weighted by atomic mass is 10.2. The molecule has 6 nitrogen and oxygen atoms in total. The third-order valence-electron chi connectivity index (χ3n) is 3.48. The Morgan fingerprint density at radius 2 is 2.07 bits per heavy atom. The van der Waals surface area contributed by atoms with Gasteiger partial charge in [-0.1, -0.05) is 17.7 Å². The molecule has 0 spiro atoms. The fourth-order valence-electron chi connectivity index (χ4n) is 2.31. The fourth-order valence-corrected chi connectivity index (χ4v) is 2.50. The summed E-state index contributed by atoms with van der Waals surface area (Å²) in [6.45, 7) is 0.178. The third kappa shape index (κ3) is 6.56. The number of rotatable bonds is 8. The van der Waals surface area contributed by atoms with Crippen molar-refractivity contribution in [3.05, 3.63) is 52.7 Å². The highest BCUT2D eigenvalue weighted by Gasteiger charge is 2.11. The second-order valence-corrected chi connectivity index (χ2v) is 5.79. The average Bonchev–Trinajstić information content (AvgIpc) is 2.65. The molecule has 0 fully saturated rings. The normalized spacial score (nSPS) is 11.4. The summed E-state index contributed by atoms with van der Waals surface area (Å²) in [5, 5.41) is 6.66. The lowest BCUT2D eigenvalue weighted by Gasteiger charge is -2.14. The van der Waals surface area contributed by atoms with Gasteiger partial charge in [0.2, 0.25) is 5.88 Å². The molecule has 0 saturated carbocycles. The zero-order valence-corrected chi connectivity index (χ0v) is 15.8. The molecule has 1 aromatic heterocycles. The van der Waals surface area contributed by atoms with Crippen molar-refractivity contribution in [3.8, 4) is 11.6 Å². The van der Waals surface area contributed by atoms with E-state index in [0.717, 1.165) is 5.56 Å². The van der Waals surface area contributed by atoms with Gasteiger partial charge in [0.15, 0.2) is 5.96 Å². The first-order valence-corrected chi connectivity index (χ1v) is 8.64. The highest BCUT2D eigenvalue weighted by Crippen LogP contribution is 2.25. The fraction of sp³-hybridized carbons (Fsp3) is 0.333. The van der Waals surface area contributed by atoms with Gasteiger partial charge in [-0.2, -0.15) is 8.78 Å². The minimum Gasteiger partial charge on any atom is -0.481 e. The van der Waals surface area contributed by atoms with Crippen molar-refractivity contribution < 1.29 is 18.3 Å². The van der Waals surface area contributed by atoms with Crippen molar-refractivity contribution in [2.45, 2.75) is 26.6 Å². The molecule has 0 radical (unpaired) electrons. The van der Waals surface area contributed by atoms with Crippen molar-refractivity contribution in [1.82, 2.24) is 15.6 Å². The molecule has 2 N–H and O–H groups in total. The van der Waals surface area contributed by atoms with Crippen LogP contribution in [0.25, 0.3) is 0 Å². The predicted molar refractivity (Wildman–Crippen MR) is 101 cm³/mol. The Kier molecular flexibility index (Phi) is 8.06. The minimum absolute atomic E-state index is 0.0444. The smallest absolute Gasteiger partial charge is 0.387 e. The molecule has 9 heteroatoms. The Morgan fingerprint density at radius 3 is 2.78 bits per heavy atom. The van der Waals surface area contributed by atoms with Crippen LogP contribution in [-0.4, -0.2) is 31.2 Å². The topological polar surface area (TPSA) is 67.8 Å². The molecule has 1 heterocycles. The van der Waals surface area contributed by atoms with Crippen LogP contribution in [0.3, 0.4) is 0 Å². The molecule has 0 saturated heterocycles. The Morgan fingerprint density at radius 1 is 1.26 bits per heavy atom. The number of hydrogen-bond donors (Lipinski definition) is 2. The van der Waals surface area contributed by atoms with Crippen LogP contribution in [0.1, 0.15) is 18.1 Å². The number of alkyl halides is 2. The molecule has 0 aliphatic rings. The van der Waals surface area contributed by atoms with E-state index in [-0.39, 0.29) is 12.3 Å². The number of ether oxygens (including phenoxy) is 2. The van der Waals surface area contributed by atoms with Gasteiger partial charge in [-0.3, -0.25) is 0 Å². The van der Waals surface area contributed by atoms with Crippen LogP contribution >= 0.6 is 11.6 Å². The number of aromatic nitrogens is 1. The van der Waals surface area contributed by atoms with Gasteiger partial charge in [0.25, 0.3) is 0 Å². The van der Waals surface area contributed by atoms with Crippen LogP contribution in [0.15, 0.2) is 41.5 Å². The van der Waals surface area contributed by atoms with Gasteiger partial charge in [-0.25, -0.2) is 9.98 Å². The number of halogens is 3. The largest absolute Gasteiger partial charge is 0.481 e. The summed E-state index contributed by atoms with van der Waals surface area (Å²) in [7, 11) is 1.55. The van der Waals surface area contributed by atoms with Crippen LogP contribution in [0.5, 0.6) is 11.6 Å². The van der Waals surface area contributed by atoms with Crippen molar-refractivity contribution in [2.75, 3.05) is 13.7 Å². The maximum absolute atomic E-state index is 12.6. The molecule has 0 aliphatic heterocycles. The number of methoxy groups -OCH3 is 1. The number of nitrogens with one attached hydrogen (secondary N) is 2. The van der Waals surface area contributed by atoms with E-state index in [1.807, 2.05) is 19.1 Å². The van der Waals surface area contributed by atoms with Crippen molar-refractivity contribution >= 4 is 17.6 Å². The van der Waals surface area contributed by atoms with Crippen molar-refractivity contribution in [1.29, 1.82) is 0 Å². The molecular formula is C18H21ClF2N4O2. The summed E-state index contributed by atoms with van der Waals surface area (Å²) < 4.78 is 34.9. The van der Waals surface area contributed by atoms with E-state index in [4.69, 9.17) is 16.3 Å². The number of pyridine rings is 1. The number of benzene rings is 1. The Bertz CT molecular complexity index is 775. The summed E-state index contributed by atoms with van der Waals surface area (Å²) >= 11 is 5.96. The van der Waals surface area contributed by atoms with Crippen LogP contribution in [0, 0.1) is 0 Å². The van der Waals surface area contributed by atoms with Gasteiger partial charge in [-0.15, -0.1) is 0 Å². The van der Waals surface area contributed by atoms with Crippen LogP contribution in [0.2, 0.25) is 5.02 Å². The second kappa shape index (κ2) is 10.5. The molecule has 0 unspecified atom stereocenters. The highest BCUT2D eigenvalue weighted by molar-refractivity contribution is 6.30. The monoisotopic (exact) mass is 398 g/mol. The standard InChI is InChI=1S/C18H21ClF2N4O2/c1-3-22-18(24-10-12-5-4-8-23-16(12)26-2)25-11-13-9-14(19)6-7-15(13)27-17(20)21/h4-9,17H,3,10-11H2,1-2H3,(H2,22,24,25). The van der Waals surface area contributed by atoms with Crippen LogP contribution in [0.4, 0.5) is 8.78 Å². The summed E-state index contributed by atoms with van der Waals surface area (Å²) in [4.78, 5) is 8.55. The molecule has 0 aliphatic carbocycles. The van der Waals surface area contributed by atoms with E-state index in [2.05, 4.69) is 25.3 Å². The van der Waals surface area contributed by atoms with Gasteiger partial charge in [-0.05, 0) is 31.2 Å². The number of aliphatic imine (C=N–C) groups is 1. The lowest BCUT2D eigenvalue weighted by Crippen LogP contribution is -2.36. The Labute approximate surface area is 161 Å². The third-order valence-corrected chi connectivity index (χ3v) is 3.72. The van der Waals surface area contributed by atoms with Crippen LogP contribution in [-0.2, 0) is 13.1 Å². The van der Waals surface area contributed by atoms with E-state index in [1.54, 1.807) is 19.4 Å². The molecular weight excluding hydrogens is 378 g/mol. The van der Waals surface area contributed by atoms with Crippen molar-refractivity contribution in [3.63, 3.8) is 0 Å². The summed E-state index contributed by atoms with van der Waals surface area (Å²) in [6, 6.07) is 8.14. The molecule has 146 valence electrons. The van der Waals surface area contributed by atoms with E-state index in [1.165, 1.54) is 12.1 Å². The summed E-state index contributed by atoms with van der Waals surface area (Å²) in [5.41, 5.74) is 1.31. The molecule has 2 aromatic rings. The molecule has 27 heavy (non-hydrogen) atoms. The predicted octanol–water partition coefficient (Wildman–Crippen LogP) is 3.60. The average molecular weight is 399 g/mol. The van der Waals surface area contributed by atoms with Gasteiger partial charge < -0.3 is 20.1 Å². The zero-order chi connectivity index (χ0) is 19.6. The summed E-state index contributed by atoms with van der Waals surface area (Å²) in [6.07, 6.45) is 1.64. The molecule has 0 bridgehead atoms. The van der Waals surface area contributed by atoms with E-state index >= 15 is 0 Å². The molecule has 2 rings (SSSR count). The molecule has 0 atom stereocenters. The van der Waals surface area contributed by atoms with E-state index in [0.29, 0.717) is 35.5 Å².